The fourth-order valence-electron chi connectivity index (χ4n) is 4.47. The smallest absolute Gasteiger partial charge is 0.289 e. The Morgan fingerprint density at radius 2 is 1.42 bits per heavy atom. The summed E-state index contributed by atoms with van der Waals surface area (Å²) in [6.07, 6.45) is 0. The first kappa shape index (κ1) is 19.6. The second-order valence-electron chi connectivity index (χ2n) is 8.20. The van der Waals surface area contributed by atoms with E-state index in [9.17, 15) is 4.79 Å². The van der Waals surface area contributed by atoms with E-state index < -0.39 is 0 Å². The molecule has 31 heavy (non-hydrogen) atoms. The molecule has 1 amide bonds. The molecule has 0 spiro atoms. The van der Waals surface area contributed by atoms with Crippen molar-refractivity contribution in [1.29, 1.82) is 0 Å². The highest BCUT2D eigenvalue weighted by Crippen LogP contribution is 2.30. The molecule has 1 aliphatic rings. The summed E-state index contributed by atoms with van der Waals surface area (Å²) >= 11 is 0. The van der Waals surface area contributed by atoms with Crippen LogP contribution in [-0.4, -0.2) is 41.9 Å². The van der Waals surface area contributed by atoms with Gasteiger partial charge in [-0.1, -0.05) is 72.8 Å². The fourth-order valence-corrected chi connectivity index (χ4v) is 4.47. The van der Waals surface area contributed by atoms with Crippen LogP contribution in [0.15, 0.2) is 89.3 Å². The molecule has 5 rings (SSSR count). The molecule has 3 aromatic carbocycles. The molecule has 0 atom stereocenters. The summed E-state index contributed by atoms with van der Waals surface area (Å²) in [5.41, 5.74) is 4.46. The third-order valence-electron chi connectivity index (χ3n) is 6.08. The molecule has 0 aliphatic carbocycles. The van der Waals surface area contributed by atoms with Gasteiger partial charge < -0.3 is 9.32 Å². The number of hydrogen-bond acceptors (Lipinski definition) is 3. The van der Waals surface area contributed by atoms with E-state index in [0.29, 0.717) is 18.8 Å². The SMILES string of the molecule is Cc1ccc2cc(C(=O)N3CCN(C(c4ccccc4)c4ccccc4)CC3)oc2c1. The lowest BCUT2D eigenvalue weighted by atomic mass is 9.96. The van der Waals surface area contributed by atoms with Crippen molar-refractivity contribution in [3.05, 3.63) is 107 Å². The molecule has 4 aromatic rings. The lowest BCUT2D eigenvalue weighted by Crippen LogP contribution is -2.49. The van der Waals surface area contributed by atoms with Crippen LogP contribution < -0.4 is 0 Å². The largest absolute Gasteiger partial charge is 0.451 e. The zero-order valence-corrected chi connectivity index (χ0v) is 17.7. The Morgan fingerprint density at radius 1 is 0.806 bits per heavy atom. The second-order valence-corrected chi connectivity index (χ2v) is 8.20. The highest BCUT2D eigenvalue weighted by atomic mass is 16.3. The molecule has 1 aliphatic heterocycles. The first-order chi connectivity index (χ1) is 15.2. The van der Waals surface area contributed by atoms with Gasteiger partial charge in [-0.2, -0.15) is 0 Å². The molecule has 0 unspecified atom stereocenters. The summed E-state index contributed by atoms with van der Waals surface area (Å²) in [6.45, 7) is 5.04. The molecule has 0 N–H and O–H groups in total. The third kappa shape index (κ3) is 3.99. The summed E-state index contributed by atoms with van der Waals surface area (Å²) in [7, 11) is 0. The number of benzene rings is 3. The first-order valence-electron chi connectivity index (χ1n) is 10.8. The number of amides is 1. The van der Waals surface area contributed by atoms with Crippen molar-refractivity contribution in [2.75, 3.05) is 26.2 Å². The predicted molar refractivity (Wildman–Crippen MR) is 123 cm³/mol. The first-order valence-corrected chi connectivity index (χ1v) is 10.8. The van der Waals surface area contributed by atoms with Crippen LogP contribution in [0.5, 0.6) is 0 Å². The Balaban J connectivity index is 1.34. The minimum Gasteiger partial charge on any atom is -0.451 e. The van der Waals surface area contributed by atoms with Crippen molar-refractivity contribution < 1.29 is 9.21 Å². The average molecular weight is 411 g/mol. The molecule has 4 heteroatoms. The maximum Gasteiger partial charge on any atom is 0.289 e. The van der Waals surface area contributed by atoms with E-state index in [1.165, 1.54) is 11.1 Å². The molecule has 0 radical (unpaired) electrons. The highest BCUT2D eigenvalue weighted by Gasteiger charge is 2.29. The Labute approximate surface area is 182 Å². The molecule has 4 nitrogen and oxygen atoms in total. The molecule has 0 saturated carbocycles. The molecule has 1 fully saturated rings. The van der Waals surface area contributed by atoms with Gasteiger partial charge in [-0.15, -0.1) is 0 Å². The number of aryl methyl sites for hydroxylation is 1. The lowest BCUT2D eigenvalue weighted by molar-refractivity contribution is 0.0570. The van der Waals surface area contributed by atoms with Gasteiger partial charge >= 0.3 is 0 Å². The number of hydrogen-bond donors (Lipinski definition) is 0. The van der Waals surface area contributed by atoms with Gasteiger partial charge in [-0.3, -0.25) is 9.69 Å². The van der Waals surface area contributed by atoms with Crippen molar-refractivity contribution in [2.24, 2.45) is 0 Å². The zero-order valence-electron chi connectivity index (χ0n) is 17.7. The van der Waals surface area contributed by atoms with Crippen LogP contribution >= 0.6 is 0 Å². The van der Waals surface area contributed by atoms with Gasteiger partial charge in [0.2, 0.25) is 0 Å². The number of furan rings is 1. The Kier molecular flexibility index (Phi) is 5.31. The summed E-state index contributed by atoms with van der Waals surface area (Å²) in [4.78, 5) is 17.5. The molecule has 2 heterocycles. The minimum absolute atomic E-state index is 0.0236. The summed E-state index contributed by atoms with van der Waals surface area (Å²) in [5.74, 6) is 0.404. The molecule has 1 saturated heterocycles. The maximum atomic E-state index is 13.1. The van der Waals surface area contributed by atoms with E-state index in [-0.39, 0.29) is 11.9 Å². The van der Waals surface area contributed by atoms with Gasteiger partial charge in [-0.05, 0) is 35.7 Å². The van der Waals surface area contributed by atoms with Crippen LogP contribution in [0.25, 0.3) is 11.0 Å². The number of nitrogens with zero attached hydrogens (tertiary/aromatic N) is 2. The van der Waals surface area contributed by atoms with Crippen LogP contribution in [0.4, 0.5) is 0 Å². The second kappa shape index (κ2) is 8.40. The topological polar surface area (TPSA) is 36.7 Å². The van der Waals surface area contributed by atoms with Crippen LogP contribution in [0.1, 0.15) is 33.3 Å². The molecular formula is C27H26N2O2. The van der Waals surface area contributed by atoms with Crippen LogP contribution in [-0.2, 0) is 0 Å². The number of piperazine rings is 1. The van der Waals surface area contributed by atoms with Crippen molar-refractivity contribution in [1.82, 2.24) is 9.80 Å². The minimum atomic E-state index is -0.0236. The fraction of sp³-hybridized carbons (Fsp3) is 0.222. The normalized spacial score (nSPS) is 15.0. The van der Waals surface area contributed by atoms with Crippen LogP contribution in [0, 0.1) is 6.92 Å². The molecule has 1 aromatic heterocycles. The standard InChI is InChI=1S/C27H26N2O2/c1-20-12-13-23-19-25(31-24(23)18-20)27(30)29-16-14-28(15-17-29)26(21-8-4-2-5-9-21)22-10-6-3-7-11-22/h2-13,18-19,26H,14-17H2,1H3. The van der Waals surface area contributed by atoms with E-state index in [2.05, 4.69) is 65.6 Å². The van der Waals surface area contributed by atoms with Gasteiger partial charge in [0.1, 0.15) is 5.58 Å². The van der Waals surface area contributed by atoms with Crippen molar-refractivity contribution in [3.8, 4) is 0 Å². The number of carbonyl (C=O) groups excluding carboxylic acids is 1. The van der Waals surface area contributed by atoms with Gasteiger partial charge in [-0.25, -0.2) is 0 Å². The Bertz CT molecular complexity index is 1140. The quantitative estimate of drug-likeness (QED) is 0.459. The molecule has 156 valence electrons. The monoisotopic (exact) mass is 410 g/mol. The van der Waals surface area contributed by atoms with Gasteiger partial charge in [0.15, 0.2) is 5.76 Å². The average Bonchev–Trinajstić information content (AvgIpc) is 3.24. The molecule has 0 bridgehead atoms. The third-order valence-corrected chi connectivity index (χ3v) is 6.08. The predicted octanol–water partition coefficient (Wildman–Crippen LogP) is 5.29. The van der Waals surface area contributed by atoms with Crippen molar-refractivity contribution in [2.45, 2.75) is 13.0 Å². The lowest BCUT2D eigenvalue weighted by Gasteiger charge is -2.39. The van der Waals surface area contributed by atoms with Crippen LogP contribution in [0.3, 0.4) is 0 Å². The van der Waals surface area contributed by atoms with Crippen molar-refractivity contribution in [3.63, 3.8) is 0 Å². The molecular weight excluding hydrogens is 384 g/mol. The summed E-state index contributed by atoms with van der Waals surface area (Å²) < 4.78 is 5.87. The van der Waals surface area contributed by atoms with E-state index in [1.54, 1.807) is 0 Å². The van der Waals surface area contributed by atoms with Gasteiger partial charge in [0.05, 0.1) is 6.04 Å². The maximum absolute atomic E-state index is 13.1. The van der Waals surface area contributed by atoms with E-state index in [1.807, 2.05) is 36.1 Å². The number of fused-ring (bicyclic) bond motifs is 1. The number of carbonyl (C=O) groups is 1. The van der Waals surface area contributed by atoms with Crippen molar-refractivity contribution >= 4 is 16.9 Å². The van der Waals surface area contributed by atoms with E-state index in [4.69, 9.17) is 4.42 Å². The summed E-state index contributed by atoms with van der Waals surface area (Å²) in [6, 6.07) is 29.3. The summed E-state index contributed by atoms with van der Waals surface area (Å²) in [5, 5.41) is 0.973. The van der Waals surface area contributed by atoms with Gasteiger partial charge in [0, 0.05) is 31.6 Å². The number of rotatable bonds is 4. The highest BCUT2D eigenvalue weighted by molar-refractivity contribution is 5.96. The zero-order chi connectivity index (χ0) is 21.2. The Hall–Kier alpha value is -3.37. The van der Waals surface area contributed by atoms with Crippen LogP contribution in [0.2, 0.25) is 0 Å². The van der Waals surface area contributed by atoms with Gasteiger partial charge in [0.25, 0.3) is 5.91 Å². The van der Waals surface area contributed by atoms with E-state index in [0.717, 1.165) is 29.6 Å². The van der Waals surface area contributed by atoms with E-state index >= 15 is 0 Å². The Morgan fingerprint density at radius 3 is 2.03 bits per heavy atom.